The van der Waals surface area contributed by atoms with Gasteiger partial charge in [-0.3, -0.25) is 0 Å². The van der Waals surface area contributed by atoms with Crippen LogP contribution in [0.3, 0.4) is 0 Å². The van der Waals surface area contributed by atoms with Crippen LogP contribution < -0.4 is 4.74 Å². The third kappa shape index (κ3) is 3.13. The molecule has 0 saturated carbocycles. The van der Waals surface area contributed by atoms with Gasteiger partial charge >= 0.3 is 0 Å². The molecular formula is C13H19ClO. The van der Waals surface area contributed by atoms with E-state index in [1.165, 1.54) is 11.1 Å². The third-order valence-electron chi connectivity index (χ3n) is 2.40. The van der Waals surface area contributed by atoms with Crippen molar-refractivity contribution in [1.82, 2.24) is 0 Å². The molecule has 0 aliphatic carbocycles. The number of ether oxygens (including phenoxy) is 1. The van der Waals surface area contributed by atoms with Crippen molar-refractivity contribution < 1.29 is 4.74 Å². The highest BCUT2D eigenvalue weighted by Crippen LogP contribution is 2.31. The molecule has 1 aromatic carbocycles. The van der Waals surface area contributed by atoms with Gasteiger partial charge < -0.3 is 4.74 Å². The summed E-state index contributed by atoms with van der Waals surface area (Å²) >= 11 is 6.30. The maximum atomic E-state index is 6.30. The van der Waals surface area contributed by atoms with Gasteiger partial charge in [-0.1, -0.05) is 37.9 Å². The Morgan fingerprint density at radius 2 is 1.93 bits per heavy atom. The van der Waals surface area contributed by atoms with Crippen molar-refractivity contribution in [2.45, 2.75) is 40.0 Å². The Morgan fingerprint density at radius 1 is 1.20 bits per heavy atom. The van der Waals surface area contributed by atoms with E-state index in [1.807, 2.05) is 6.07 Å². The molecule has 0 unspecified atom stereocenters. The zero-order chi connectivity index (χ0) is 11.3. The van der Waals surface area contributed by atoms with E-state index in [0.717, 1.165) is 36.6 Å². The molecule has 0 amide bonds. The first-order valence-electron chi connectivity index (χ1n) is 5.61. The van der Waals surface area contributed by atoms with Gasteiger partial charge in [0, 0.05) is 0 Å². The molecular weight excluding hydrogens is 208 g/mol. The second-order valence-electron chi connectivity index (χ2n) is 3.77. The van der Waals surface area contributed by atoms with Crippen LogP contribution in [0.2, 0.25) is 5.02 Å². The quantitative estimate of drug-likeness (QED) is 0.724. The van der Waals surface area contributed by atoms with Gasteiger partial charge in [-0.05, 0) is 37.0 Å². The lowest BCUT2D eigenvalue weighted by Gasteiger charge is -2.12. The summed E-state index contributed by atoms with van der Waals surface area (Å²) in [5.74, 6) is 0.826. The first-order valence-corrected chi connectivity index (χ1v) is 5.99. The minimum Gasteiger partial charge on any atom is -0.492 e. The molecule has 0 heterocycles. The lowest BCUT2D eigenvalue weighted by atomic mass is 10.0. The van der Waals surface area contributed by atoms with Crippen molar-refractivity contribution in [2.75, 3.05) is 6.61 Å². The van der Waals surface area contributed by atoms with Crippen molar-refractivity contribution >= 4 is 11.6 Å². The molecule has 1 rings (SSSR count). The van der Waals surface area contributed by atoms with Crippen molar-refractivity contribution in [3.05, 3.63) is 28.3 Å². The molecule has 0 aromatic heterocycles. The standard InChI is InChI=1S/C13H19ClO/c1-4-6-11-10(3)7-8-12(13(11)14)15-9-5-2/h7-8H,4-6,9H2,1-3H3. The Labute approximate surface area is 97.4 Å². The summed E-state index contributed by atoms with van der Waals surface area (Å²) in [5.41, 5.74) is 2.48. The first-order chi connectivity index (χ1) is 7.20. The van der Waals surface area contributed by atoms with Gasteiger partial charge in [0.15, 0.2) is 0 Å². The van der Waals surface area contributed by atoms with E-state index in [0.29, 0.717) is 0 Å². The number of aryl methyl sites for hydroxylation is 1. The topological polar surface area (TPSA) is 9.23 Å². The van der Waals surface area contributed by atoms with Crippen LogP contribution in [-0.4, -0.2) is 6.61 Å². The minimum absolute atomic E-state index is 0.731. The number of benzene rings is 1. The van der Waals surface area contributed by atoms with Gasteiger partial charge in [-0.15, -0.1) is 0 Å². The highest BCUT2D eigenvalue weighted by molar-refractivity contribution is 6.32. The van der Waals surface area contributed by atoms with Gasteiger partial charge in [-0.2, -0.15) is 0 Å². The summed E-state index contributed by atoms with van der Waals surface area (Å²) < 4.78 is 5.60. The Bertz CT molecular complexity index is 321. The van der Waals surface area contributed by atoms with E-state index in [-0.39, 0.29) is 0 Å². The smallest absolute Gasteiger partial charge is 0.138 e. The molecule has 0 saturated heterocycles. The minimum atomic E-state index is 0.731. The van der Waals surface area contributed by atoms with Crippen LogP contribution >= 0.6 is 11.6 Å². The molecule has 0 N–H and O–H groups in total. The van der Waals surface area contributed by atoms with E-state index >= 15 is 0 Å². The van der Waals surface area contributed by atoms with Crippen LogP contribution in [0.25, 0.3) is 0 Å². The van der Waals surface area contributed by atoms with E-state index in [9.17, 15) is 0 Å². The Balaban J connectivity index is 2.94. The van der Waals surface area contributed by atoms with Crippen molar-refractivity contribution in [3.8, 4) is 5.75 Å². The van der Waals surface area contributed by atoms with Gasteiger partial charge in [0.1, 0.15) is 5.75 Å². The molecule has 84 valence electrons. The van der Waals surface area contributed by atoms with E-state index in [2.05, 4.69) is 26.8 Å². The third-order valence-corrected chi connectivity index (χ3v) is 2.82. The van der Waals surface area contributed by atoms with Crippen LogP contribution in [0.15, 0.2) is 12.1 Å². The first kappa shape index (κ1) is 12.4. The second kappa shape index (κ2) is 6.02. The Morgan fingerprint density at radius 3 is 2.53 bits per heavy atom. The molecule has 0 atom stereocenters. The van der Waals surface area contributed by atoms with Crippen molar-refractivity contribution in [3.63, 3.8) is 0 Å². The van der Waals surface area contributed by atoms with Crippen LogP contribution in [0.5, 0.6) is 5.75 Å². The molecule has 1 nitrogen and oxygen atoms in total. The van der Waals surface area contributed by atoms with Gasteiger partial charge in [0.2, 0.25) is 0 Å². The molecule has 15 heavy (non-hydrogen) atoms. The number of hydrogen-bond donors (Lipinski definition) is 0. The van der Waals surface area contributed by atoms with Crippen LogP contribution in [0.1, 0.15) is 37.8 Å². The second-order valence-corrected chi connectivity index (χ2v) is 4.15. The number of hydrogen-bond acceptors (Lipinski definition) is 1. The molecule has 0 radical (unpaired) electrons. The predicted octanol–water partition coefficient (Wildman–Crippen LogP) is 4.39. The normalized spacial score (nSPS) is 10.4. The maximum Gasteiger partial charge on any atom is 0.138 e. The molecule has 0 aliphatic rings. The Kier molecular flexibility index (Phi) is 4.97. The summed E-state index contributed by atoms with van der Waals surface area (Å²) in [4.78, 5) is 0. The molecule has 0 bridgehead atoms. The van der Waals surface area contributed by atoms with Gasteiger partial charge in [0.25, 0.3) is 0 Å². The summed E-state index contributed by atoms with van der Waals surface area (Å²) in [5, 5.41) is 0.797. The van der Waals surface area contributed by atoms with E-state index in [4.69, 9.17) is 16.3 Å². The maximum absolute atomic E-state index is 6.30. The van der Waals surface area contributed by atoms with Crippen LogP contribution in [0, 0.1) is 6.92 Å². The number of halogens is 1. The SMILES string of the molecule is CCCOc1ccc(C)c(CCC)c1Cl. The molecule has 0 aliphatic heterocycles. The average molecular weight is 227 g/mol. The fourth-order valence-electron chi connectivity index (χ4n) is 1.58. The monoisotopic (exact) mass is 226 g/mol. The summed E-state index contributed by atoms with van der Waals surface area (Å²) in [6, 6.07) is 4.05. The largest absolute Gasteiger partial charge is 0.492 e. The predicted molar refractivity (Wildman–Crippen MR) is 66.0 cm³/mol. The average Bonchev–Trinajstić information content (AvgIpc) is 2.23. The highest BCUT2D eigenvalue weighted by Gasteiger charge is 2.09. The van der Waals surface area contributed by atoms with Crippen molar-refractivity contribution in [1.29, 1.82) is 0 Å². The number of rotatable bonds is 5. The summed E-state index contributed by atoms with van der Waals surface area (Å²) in [7, 11) is 0. The fourth-order valence-corrected chi connectivity index (χ4v) is 1.94. The lowest BCUT2D eigenvalue weighted by molar-refractivity contribution is 0.317. The molecule has 0 spiro atoms. The zero-order valence-corrected chi connectivity index (χ0v) is 10.5. The molecule has 2 heteroatoms. The van der Waals surface area contributed by atoms with E-state index < -0.39 is 0 Å². The van der Waals surface area contributed by atoms with Gasteiger partial charge in [-0.25, -0.2) is 0 Å². The zero-order valence-electron chi connectivity index (χ0n) is 9.77. The fraction of sp³-hybridized carbons (Fsp3) is 0.538. The van der Waals surface area contributed by atoms with Gasteiger partial charge in [0.05, 0.1) is 11.6 Å². The lowest BCUT2D eigenvalue weighted by Crippen LogP contribution is -1.99. The van der Waals surface area contributed by atoms with Crippen LogP contribution in [-0.2, 0) is 6.42 Å². The molecule has 0 fully saturated rings. The Hall–Kier alpha value is -0.690. The van der Waals surface area contributed by atoms with Crippen molar-refractivity contribution in [2.24, 2.45) is 0 Å². The van der Waals surface area contributed by atoms with E-state index in [1.54, 1.807) is 0 Å². The highest BCUT2D eigenvalue weighted by atomic mass is 35.5. The summed E-state index contributed by atoms with van der Waals surface area (Å²) in [6.45, 7) is 7.08. The molecule has 1 aromatic rings. The summed E-state index contributed by atoms with van der Waals surface area (Å²) in [6.07, 6.45) is 3.14. The van der Waals surface area contributed by atoms with Crippen LogP contribution in [0.4, 0.5) is 0 Å².